The number of anilines is 2. The largest absolute Gasteiger partial charge is 0.383 e. The third-order valence-electron chi connectivity index (χ3n) is 6.98. The number of aromatic amines is 1. The fourth-order valence-electron chi connectivity index (χ4n) is 4.88. The summed E-state index contributed by atoms with van der Waals surface area (Å²) in [5, 5.41) is 0.335. The van der Waals surface area contributed by atoms with E-state index in [0.717, 1.165) is 38.1 Å². The Kier molecular flexibility index (Phi) is 7.33. The quantitative estimate of drug-likeness (QED) is 0.254. The summed E-state index contributed by atoms with van der Waals surface area (Å²) in [4.78, 5) is 22.6. The highest BCUT2D eigenvalue weighted by Gasteiger charge is 2.19. The highest BCUT2D eigenvalue weighted by Crippen LogP contribution is 2.34. The number of benzene rings is 2. The van der Waals surface area contributed by atoms with Crippen molar-refractivity contribution in [2.45, 2.75) is 19.3 Å². The Morgan fingerprint density at radius 2 is 1.63 bits per heavy atom. The number of H-pyrrole nitrogens is 1. The molecule has 6 nitrogen and oxygen atoms in total. The zero-order chi connectivity index (χ0) is 26.8. The minimum atomic E-state index is -2.26. The molecule has 1 aliphatic heterocycles. The lowest BCUT2D eigenvalue weighted by molar-refractivity contribution is 0.127. The van der Waals surface area contributed by atoms with E-state index in [1.165, 1.54) is 12.1 Å². The number of fused-ring (bicyclic) bond motifs is 1. The monoisotopic (exact) mass is 525 g/mol. The van der Waals surface area contributed by atoms with Gasteiger partial charge in [0.2, 0.25) is 12.4 Å². The molecule has 10 heteroatoms. The number of halogens is 4. The Morgan fingerprint density at radius 3 is 2.34 bits per heavy atom. The Morgan fingerprint density at radius 1 is 0.921 bits per heavy atom. The number of piperazine rings is 1. The number of hydrogen-bond acceptors (Lipinski definition) is 5. The second kappa shape index (κ2) is 10.8. The lowest BCUT2D eigenvalue weighted by Crippen LogP contribution is -2.46. The van der Waals surface area contributed by atoms with Crippen LogP contribution in [-0.2, 0) is 0 Å². The van der Waals surface area contributed by atoms with Crippen LogP contribution in [0.3, 0.4) is 0 Å². The first-order valence-electron chi connectivity index (χ1n) is 12.4. The van der Waals surface area contributed by atoms with E-state index in [-0.39, 0.29) is 28.6 Å². The number of alkyl halides is 2. The maximum absolute atomic E-state index is 14.9. The van der Waals surface area contributed by atoms with Crippen molar-refractivity contribution in [3.63, 3.8) is 0 Å². The number of nitrogen functional groups attached to an aromatic ring is 1. The van der Waals surface area contributed by atoms with Gasteiger partial charge in [0.15, 0.2) is 0 Å². The van der Waals surface area contributed by atoms with E-state index in [4.69, 9.17) is 5.73 Å². The van der Waals surface area contributed by atoms with Gasteiger partial charge in [-0.15, -0.1) is 0 Å². The topological polar surface area (TPSA) is 78.2 Å². The highest BCUT2D eigenvalue weighted by atomic mass is 19.3. The van der Waals surface area contributed by atoms with Gasteiger partial charge < -0.3 is 15.6 Å². The van der Waals surface area contributed by atoms with Crippen molar-refractivity contribution in [1.82, 2.24) is 14.9 Å². The molecule has 1 aliphatic rings. The van der Waals surface area contributed by atoms with Crippen molar-refractivity contribution >= 4 is 22.3 Å². The van der Waals surface area contributed by atoms with Crippen molar-refractivity contribution in [3.05, 3.63) is 76.8 Å². The van der Waals surface area contributed by atoms with Gasteiger partial charge in [0.25, 0.3) is 5.56 Å². The normalized spacial score (nSPS) is 14.5. The highest BCUT2D eigenvalue weighted by molar-refractivity contribution is 5.89. The summed E-state index contributed by atoms with van der Waals surface area (Å²) in [7, 11) is 0. The first kappa shape index (κ1) is 25.7. The molecular formula is C28H27F4N5O. The van der Waals surface area contributed by atoms with Gasteiger partial charge in [0, 0.05) is 66.4 Å². The zero-order valence-electron chi connectivity index (χ0n) is 20.6. The first-order valence-corrected chi connectivity index (χ1v) is 12.4. The van der Waals surface area contributed by atoms with Crippen molar-refractivity contribution in [2.24, 2.45) is 0 Å². The van der Waals surface area contributed by atoms with E-state index in [2.05, 4.69) is 19.8 Å². The molecule has 0 spiro atoms. The van der Waals surface area contributed by atoms with Crippen LogP contribution >= 0.6 is 0 Å². The fraction of sp³-hybridized carbons (Fsp3) is 0.286. The summed E-state index contributed by atoms with van der Waals surface area (Å²) < 4.78 is 54.0. The predicted molar refractivity (Wildman–Crippen MR) is 141 cm³/mol. The van der Waals surface area contributed by atoms with Crippen LogP contribution in [0.15, 0.2) is 59.5 Å². The molecule has 0 radical (unpaired) electrons. The third kappa shape index (κ3) is 5.35. The molecule has 0 amide bonds. The zero-order valence-corrected chi connectivity index (χ0v) is 20.6. The average Bonchev–Trinajstić information content (AvgIpc) is 2.91. The molecule has 3 heterocycles. The molecule has 38 heavy (non-hydrogen) atoms. The maximum Gasteiger partial charge on any atom is 0.256 e. The number of nitrogens with zero attached hydrogens (tertiary/aromatic N) is 3. The number of nitrogens with two attached hydrogens (primary N) is 1. The summed E-state index contributed by atoms with van der Waals surface area (Å²) in [5.41, 5.74) is 8.39. The molecule has 2 aromatic carbocycles. The molecular weight excluding hydrogens is 498 g/mol. The van der Waals surface area contributed by atoms with Crippen LogP contribution in [-0.4, -0.2) is 54.0 Å². The number of rotatable bonds is 7. The standard InChI is InChI=1S/C28H27F4N5O/c29-24-16-34-28(38)20-8-5-18(14-23(20)24)22-15-21(26(32)35-27(22)33)17-3-6-19(7-4-17)37-12-10-36(11-13-37)9-1-2-25(30)31/h3-8,14-16,25H,1-2,9-13H2,(H2,33,35)(H,34,38). The van der Waals surface area contributed by atoms with E-state index in [0.29, 0.717) is 29.7 Å². The van der Waals surface area contributed by atoms with E-state index >= 15 is 0 Å². The van der Waals surface area contributed by atoms with Gasteiger partial charge in [0.05, 0.1) is 0 Å². The summed E-state index contributed by atoms with van der Waals surface area (Å²) in [6.07, 6.45) is -0.839. The lowest BCUT2D eigenvalue weighted by Gasteiger charge is -2.36. The molecule has 1 fully saturated rings. The van der Waals surface area contributed by atoms with E-state index in [1.807, 2.05) is 24.3 Å². The Balaban J connectivity index is 1.35. The van der Waals surface area contributed by atoms with Crippen LogP contribution in [0.1, 0.15) is 12.8 Å². The third-order valence-corrected chi connectivity index (χ3v) is 6.98. The molecule has 0 bridgehead atoms. The van der Waals surface area contributed by atoms with Gasteiger partial charge in [-0.25, -0.2) is 18.2 Å². The van der Waals surface area contributed by atoms with Crippen molar-refractivity contribution in [1.29, 1.82) is 0 Å². The van der Waals surface area contributed by atoms with Crippen LogP contribution in [0.5, 0.6) is 0 Å². The van der Waals surface area contributed by atoms with Gasteiger partial charge in [0.1, 0.15) is 11.6 Å². The van der Waals surface area contributed by atoms with Crippen molar-refractivity contribution in [3.8, 4) is 22.3 Å². The van der Waals surface area contributed by atoms with Gasteiger partial charge in [-0.05, 0) is 54.4 Å². The van der Waals surface area contributed by atoms with Gasteiger partial charge in [-0.2, -0.15) is 4.39 Å². The number of hydrogen-bond donors (Lipinski definition) is 2. The van der Waals surface area contributed by atoms with Crippen LogP contribution in [0, 0.1) is 11.8 Å². The second-order valence-electron chi connectivity index (χ2n) is 9.39. The van der Waals surface area contributed by atoms with Crippen LogP contribution in [0.25, 0.3) is 33.0 Å². The summed E-state index contributed by atoms with van der Waals surface area (Å²) in [6.45, 7) is 3.81. The van der Waals surface area contributed by atoms with Crippen molar-refractivity contribution in [2.75, 3.05) is 43.4 Å². The van der Waals surface area contributed by atoms with Gasteiger partial charge >= 0.3 is 0 Å². The summed E-state index contributed by atoms with van der Waals surface area (Å²) >= 11 is 0. The molecule has 0 atom stereocenters. The maximum atomic E-state index is 14.9. The fourth-order valence-corrected chi connectivity index (χ4v) is 4.88. The van der Waals surface area contributed by atoms with E-state index < -0.39 is 23.7 Å². The Labute approximate surface area is 216 Å². The molecule has 5 rings (SSSR count). The number of pyridine rings is 2. The average molecular weight is 526 g/mol. The Hall–Kier alpha value is -3.92. The predicted octanol–water partition coefficient (Wildman–Crippen LogP) is 5.28. The minimum Gasteiger partial charge on any atom is -0.383 e. The summed E-state index contributed by atoms with van der Waals surface area (Å²) in [6, 6.07) is 13.7. The smallest absolute Gasteiger partial charge is 0.256 e. The molecule has 4 aromatic rings. The lowest BCUT2D eigenvalue weighted by atomic mass is 9.98. The molecule has 0 unspecified atom stereocenters. The van der Waals surface area contributed by atoms with Crippen molar-refractivity contribution < 1.29 is 17.6 Å². The van der Waals surface area contributed by atoms with Gasteiger partial charge in [-0.3, -0.25) is 9.69 Å². The van der Waals surface area contributed by atoms with E-state index in [9.17, 15) is 22.4 Å². The summed E-state index contributed by atoms with van der Waals surface area (Å²) in [5.74, 6) is -1.35. The Bertz CT molecular complexity index is 1500. The van der Waals surface area contributed by atoms with E-state index in [1.54, 1.807) is 12.1 Å². The second-order valence-corrected chi connectivity index (χ2v) is 9.39. The molecule has 0 saturated carbocycles. The SMILES string of the molecule is Nc1nc(F)c(-c2ccc(N3CCN(CCCC(F)F)CC3)cc2)cc1-c1ccc2c(=O)[nH]cc(F)c2c1. The van der Waals surface area contributed by atoms with Crippen LogP contribution in [0.4, 0.5) is 29.1 Å². The molecule has 0 aliphatic carbocycles. The van der Waals surface area contributed by atoms with Gasteiger partial charge in [-0.1, -0.05) is 18.2 Å². The molecule has 2 aromatic heterocycles. The first-order chi connectivity index (χ1) is 18.3. The molecule has 1 saturated heterocycles. The number of aromatic nitrogens is 2. The molecule has 198 valence electrons. The minimum absolute atomic E-state index is 0.0427. The van der Waals surface area contributed by atoms with Crippen LogP contribution in [0.2, 0.25) is 0 Å². The molecule has 3 N–H and O–H groups in total. The number of nitrogens with one attached hydrogen (secondary N) is 1. The van der Waals surface area contributed by atoms with Crippen LogP contribution < -0.4 is 16.2 Å².